The number of aromatic amines is 1. The van der Waals surface area contributed by atoms with Crippen LogP contribution in [0.2, 0.25) is 0 Å². The van der Waals surface area contributed by atoms with E-state index in [1.54, 1.807) is 6.20 Å². The number of nitrogens with one attached hydrogen (secondary N) is 1. The average molecular weight is 593 g/mol. The summed E-state index contributed by atoms with van der Waals surface area (Å²) in [6.07, 6.45) is -4.36. The van der Waals surface area contributed by atoms with Crippen LogP contribution in [-0.2, 0) is 44.5 Å². The third-order valence-electron chi connectivity index (χ3n) is 4.75. The number of H-pyrrole nitrogens is 1. The van der Waals surface area contributed by atoms with Crippen LogP contribution < -0.4 is 11.2 Å². The van der Waals surface area contributed by atoms with Crippen molar-refractivity contribution in [2.75, 3.05) is 6.61 Å². The number of aliphatic hydroxyl groups is 2. The number of phosphoric ester groups is 1. The van der Waals surface area contributed by atoms with Gasteiger partial charge in [-0.15, -0.1) is 5.10 Å². The van der Waals surface area contributed by atoms with E-state index in [0.29, 0.717) is 12.2 Å². The van der Waals surface area contributed by atoms with Gasteiger partial charge in [-0.25, -0.2) is 18.5 Å². The summed E-state index contributed by atoms with van der Waals surface area (Å²) >= 11 is 0. The Labute approximate surface area is 205 Å². The fourth-order valence-corrected chi connectivity index (χ4v) is 6.21. The molecule has 37 heavy (non-hydrogen) atoms. The van der Waals surface area contributed by atoms with E-state index in [9.17, 15) is 43.3 Å². The molecule has 2 aromatic rings. The summed E-state index contributed by atoms with van der Waals surface area (Å²) in [7, 11) is -16.9. The monoisotopic (exact) mass is 593 g/mol. The van der Waals surface area contributed by atoms with Gasteiger partial charge in [0.05, 0.1) is 12.3 Å². The lowest BCUT2D eigenvalue weighted by Gasteiger charge is -2.19. The molecule has 1 aliphatic rings. The molecule has 3 rings (SSSR count). The second-order valence-electron chi connectivity index (χ2n) is 7.50. The highest BCUT2D eigenvalue weighted by Gasteiger charge is 2.46. The molecule has 0 spiro atoms. The first-order valence-corrected chi connectivity index (χ1v) is 14.6. The van der Waals surface area contributed by atoms with E-state index in [0.717, 1.165) is 10.8 Å². The Kier molecular flexibility index (Phi) is 8.88. The lowest BCUT2D eigenvalue weighted by atomic mass is 10.1. The summed E-state index contributed by atoms with van der Waals surface area (Å²) in [4.78, 5) is 62.4. The zero-order valence-corrected chi connectivity index (χ0v) is 21.3. The summed E-state index contributed by atoms with van der Waals surface area (Å²) in [5.41, 5.74) is -1.38. The second kappa shape index (κ2) is 11.1. The molecule has 1 saturated heterocycles. The normalized spacial score (nSPS) is 25.6. The van der Waals surface area contributed by atoms with Crippen molar-refractivity contribution >= 4 is 23.5 Å². The number of ether oxygens (including phenoxy) is 1. The third kappa shape index (κ3) is 7.81. The minimum Gasteiger partial charge on any atom is -0.387 e. The Bertz CT molecular complexity index is 1380. The van der Waals surface area contributed by atoms with Crippen LogP contribution in [0.1, 0.15) is 24.4 Å². The van der Waals surface area contributed by atoms with Gasteiger partial charge in [-0.2, -0.15) is 8.62 Å². The van der Waals surface area contributed by atoms with Gasteiger partial charge in [0.2, 0.25) is 0 Å². The SMILES string of the molecule is CCn1cc(Cc2cn([C@@H]3O[C@H](COP(=O)(O)OP(=O)(O)OP(=O)(O)O)C(O)[C@@H]3O)c(=O)[nH]c2=O)nn1. The summed E-state index contributed by atoms with van der Waals surface area (Å²) in [6, 6.07) is 0. The van der Waals surface area contributed by atoms with E-state index in [1.165, 1.54) is 4.68 Å². The summed E-state index contributed by atoms with van der Waals surface area (Å²) in [5, 5.41) is 28.3. The molecule has 1 fully saturated rings. The highest BCUT2D eigenvalue weighted by atomic mass is 31.3. The van der Waals surface area contributed by atoms with Crippen molar-refractivity contribution < 1.29 is 61.4 Å². The number of aliphatic hydroxyl groups excluding tert-OH is 2. The van der Waals surface area contributed by atoms with Crippen molar-refractivity contribution in [1.82, 2.24) is 24.5 Å². The van der Waals surface area contributed by atoms with Gasteiger partial charge in [0.1, 0.15) is 18.3 Å². The van der Waals surface area contributed by atoms with Gasteiger partial charge in [-0.05, 0) is 6.92 Å². The van der Waals surface area contributed by atoms with Gasteiger partial charge in [-0.3, -0.25) is 23.6 Å². The van der Waals surface area contributed by atoms with Crippen LogP contribution in [0.3, 0.4) is 0 Å². The molecule has 6 atom stereocenters. The molecule has 2 aromatic heterocycles. The van der Waals surface area contributed by atoms with Gasteiger partial charge < -0.3 is 34.5 Å². The molecule has 0 radical (unpaired) electrons. The van der Waals surface area contributed by atoms with Gasteiger partial charge in [0.25, 0.3) is 5.56 Å². The molecule has 7 N–H and O–H groups in total. The zero-order valence-electron chi connectivity index (χ0n) is 18.6. The minimum absolute atomic E-state index is 0.0183. The highest BCUT2D eigenvalue weighted by Crippen LogP contribution is 2.66. The van der Waals surface area contributed by atoms with Crippen LogP contribution in [0.25, 0.3) is 0 Å². The Balaban J connectivity index is 1.73. The number of phosphoric acid groups is 3. The van der Waals surface area contributed by atoms with Crippen LogP contribution in [0.15, 0.2) is 22.0 Å². The van der Waals surface area contributed by atoms with Crippen LogP contribution in [0, 0.1) is 0 Å². The van der Waals surface area contributed by atoms with Crippen LogP contribution in [0.4, 0.5) is 0 Å². The lowest BCUT2D eigenvalue weighted by molar-refractivity contribution is -0.0543. The smallest absolute Gasteiger partial charge is 0.387 e. The molecule has 0 aliphatic carbocycles. The summed E-state index contributed by atoms with van der Waals surface area (Å²) < 4.78 is 53.1. The van der Waals surface area contributed by atoms with Crippen LogP contribution in [-0.4, -0.2) is 79.3 Å². The van der Waals surface area contributed by atoms with Crippen molar-refractivity contribution in [3.05, 3.63) is 44.5 Å². The number of rotatable bonds is 11. The standard InChI is InChI=1S/C14H22N5O15P3/c1-2-18-5-8(16-17-18)3-7-4-19(14(23)15-12(7)22)13-11(21)10(20)9(32-13)6-31-36(27,28)34-37(29,30)33-35(24,25)26/h4-5,9-11,13,20-21H,2-3,6H2,1H3,(H,27,28)(H,29,30)(H,15,22,23)(H2,24,25,26)/t9-,10?,11+,13-/m1/s1. The first-order valence-electron chi connectivity index (χ1n) is 10.0. The Morgan fingerprint density at radius 3 is 2.32 bits per heavy atom. The minimum atomic E-state index is -5.77. The van der Waals surface area contributed by atoms with E-state index < -0.39 is 65.9 Å². The molecule has 3 heterocycles. The summed E-state index contributed by atoms with van der Waals surface area (Å²) in [6.45, 7) is 1.25. The predicted octanol–water partition coefficient (Wildman–Crippen LogP) is -2.30. The van der Waals surface area contributed by atoms with E-state index in [1.807, 2.05) is 11.9 Å². The molecule has 20 nitrogen and oxygen atoms in total. The molecule has 3 unspecified atom stereocenters. The first kappa shape index (κ1) is 29.7. The van der Waals surface area contributed by atoms with Crippen molar-refractivity contribution in [2.45, 2.75) is 44.4 Å². The van der Waals surface area contributed by atoms with Crippen molar-refractivity contribution in [3.8, 4) is 0 Å². The number of hydrogen-bond donors (Lipinski definition) is 7. The van der Waals surface area contributed by atoms with Gasteiger partial charge in [0.15, 0.2) is 6.23 Å². The van der Waals surface area contributed by atoms with Gasteiger partial charge >= 0.3 is 29.2 Å². The van der Waals surface area contributed by atoms with Crippen LogP contribution in [0.5, 0.6) is 0 Å². The maximum Gasteiger partial charge on any atom is 0.490 e. The maximum atomic E-state index is 12.4. The topological polar surface area (TPSA) is 295 Å². The molecular formula is C14H22N5O15P3. The van der Waals surface area contributed by atoms with E-state index in [2.05, 4.69) is 23.5 Å². The average Bonchev–Trinajstić information content (AvgIpc) is 3.31. The van der Waals surface area contributed by atoms with E-state index in [-0.39, 0.29) is 12.0 Å². The van der Waals surface area contributed by atoms with Crippen molar-refractivity contribution in [1.29, 1.82) is 0 Å². The Morgan fingerprint density at radius 2 is 1.73 bits per heavy atom. The van der Waals surface area contributed by atoms with Gasteiger partial charge in [0, 0.05) is 30.9 Å². The molecule has 23 heteroatoms. The number of hydrogen-bond acceptors (Lipinski definition) is 13. The lowest BCUT2D eigenvalue weighted by Crippen LogP contribution is -2.39. The number of aryl methyl sites for hydroxylation is 1. The first-order chi connectivity index (χ1) is 17.0. The molecule has 0 saturated carbocycles. The zero-order chi connectivity index (χ0) is 27.8. The summed E-state index contributed by atoms with van der Waals surface area (Å²) in [5.74, 6) is 0. The fraction of sp³-hybridized carbons (Fsp3) is 0.571. The Hall–Kier alpha value is -1.89. The fourth-order valence-electron chi connectivity index (χ4n) is 3.18. The van der Waals surface area contributed by atoms with Crippen molar-refractivity contribution in [2.24, 2.45) is 0 Å². The molecule has 1 aliphatic heterocycles. The maximum absolute atomic E-state index is 12.4. The van der Waals surface area contributed by atoms with Crippen LogP contribution >= 0.6 is 23.5 Å². The third-order valence-corrected chi connectivity index (χ3v) is 8.56. The van der Waals surface area contributed by atoms with Gasteiger partial charge in [-0.1, -0.05) is 5.21 Å². The largest absolute Gasteiger partial charge is 0.490 e. The predicted molar refractivity (Wildman–Crippen MR) is 116 cm³/mol. The van der Waals surface area contributed by atoms with E-state index >= 15 is 0 Å². The second-order valence-corrected chi connectivity index (χ2v) is 11.9. The van der Waals surface area contributed by atoms with E-state index in [4.69, 9.17) is 14.5 Å². The molecule has 0 bridgehead atoms. The molecular weight excluding hydrogens is 571 g/mol. The number of nitrogens with zero attached hydrogens (tertiary/aromatic N) is 4. The number of aromatic nitrogens is 5. The molecule has 0 aromatic carbocycles. The quantitative estimate of drug-likeness (QED) is 0.135. The molecule has 0 amide bonds. The molecule has 208 valence electrons. The Morgan fingerprint density at radius 1 is 1.05 bits per heavy atom. The van der Waals surface area contributed by atoms with Crippen molar-refractivity contribution in [3.63, 3.8) is 0 Å². The highest BCUT2D eigenvalue weighted by molar-refractivity contribution is 7.66.